The highest BCUT2D eigenvalue weighted by Gasteiger charge is 2.33. The summed E-state index contributed by atoms with van der Waals surface area (Å²) in [6.45, 7) is 4.76. The average Bonchev–Trinajstić information content (AvgIpc) is 3.51. The van der Waals surface area contributed by atoms with Gasteiger partial charge in [0.15, 0.2) is 0 Å². The number of nitrogens with zero attached hydrogens (tertiary/aromatic N) is 1. The van der Waals surface area contributed by atoms with Crippen molar-refractivity contribution in [2.45, 2.75) is 62.7 Å². The Kier molecular flexibility index (Phi) is 9.56. The normalized spacial score (nSPS) is 15.0. The number of nitrogens with one attached hydrogen (secondary N) is 2. The van der Waals surface area contributed by atoms with E-state index in [1.54, 1.807) is 35.1 Å². The molecule has 0 spiro atoms. The molecule has 1 aliphatic heterocycles. The number of hydrogen-bond acceptors (Lipinski definition) is 6. The van der Waals surface area contributed by atoms with Gasteiger partial charge in [-0.15, -0.1) is 11.8 Å². The molecular formula is C35H38N4O4S. The van der Waals surface area contributed by atoms with Gasteiger partial charge in [0.25, 0.3) is 0 Å². The number of benzene rings is 3. The highest BCUT2D eigenvalue weighted by Crippen LogP contribution is 2.33. The summed E-state index contributed by atoms with van der Waals surface area (Å²) in [6.07, 6.45) is 5.03. The van der Waals surface area contributed by atoms with E-state index in [2.05, 4.69) is 16.7 Å². The van der Waals surface area contributed by atoms with Crippen molar-refractivity contribution in [2.75, 3.05) is 11.2 Å². The molecule has 1 aromatic heterocycles. The maximum Gasteiger partial charge on any atom is 0.249 e. The van der Waals surface area contributed by atoms with Crippen molar-refractivity contribution in [1.82, 2.24) is 10.6 Å². The Morgan fingerprint density at radius 3 is 2.52 bits per heavy atom. The van der Waals surface area contributed by atoms with Gasteiger partial charge in [-0.1, -0.05) is 42.5 Å². The fourth-order valence-electron chi connectivity index (χ4n) is 5.55. The van der Waals surface area contributed by atoms with Crippen molar-refractivity contribution in [1.29, 1.82) is 0 Å². The number of aryl methyl sites for hydroxylation is 1. The van der Waals surface area contributed by atoms with Crippen LogP contribution in [0.5, 0.6) is 0 Å². The van der Waals surface area contributed by atoms with Gasteiger partial charge in [0.05, 0.1) is 19.4 Å². The Morgan fingerprint density at radius 2 is 1.82 bits per heavy atom. The third kappa shape index (κ3) is 7.41. The summed E-state index contributed by atoms with van der Waals surface area (Å²) < 4.78 is 5.40. The van der Waals surface area contributed by atoms with E-state index in [0.717, 1.165) is 38.6 Å². The van der Waals surface area contributed by atoms with Crippen LogP contribution >= 0.6 is 11.8 Å². The molecule has 0 unspecified atom stereocenters. The summed E-state index contributed by atoms with van der Waals surface area (Å²) in [4.78, 5) is 42.2. The molecule has 2 heterocycles. The first kappa shape index (κ1) is 31.1. The van der Waals surface area contributed by atoms with E-state index in [9.17, 15) is 14.4 Å². The molecule has 8 nitrogen and oxygen atoms in total. The number of rotatable bonds is 11. The zero-order valence-corrected chi connectivity index (χ0v) is 26.1. The number of amides is 3. The number of fused-ring (bicyclic) bond motifs is 1. The molecule has 0 fully saturated rings. The minimum atomic E-state index is -0.657. The molecule has 0 saturated carbocycles. The van der Waals surface area contributed by atoms with Crippen LogP contribution in [0.15, 0.2) is 94.4 Å². The fraction of sp³-hybridized carbons (Fsp3) is 0.286. The maximum absolute atomic E-state index is 14.1. The second-order valence-electron chi connectivity index (χ2n) is 11.7. The predicted molar refractivity (Wildman–Crippen MR) is 174 cm³/mol. The molecule has 5 rings (SSSR count). The topological polar surface area (TPSA) is 118 Å². The second-order valence-corrected chi connectivity index (χ2v) is 12.6. The van der Waals surface area contributed by atoms with Gasteiger partial charge in [-0.25, -0.2) is 0 Å². The van der Waals surface area contributed by atoms with Crippen LogP contribution in [0.3, 0.4) is 0 Å². The van der Waals surface area contributed by atoms with Gasteiger partial charge in [0.2, 0.25) is 17.7 Å². The van der Waals surface area contributed by atoms with Crippen LogP contribution in [0.4, 0.5) is 5.69 Å². The lowest BCUT2D eigenvalue weighted by Crippen LogP contribution is -2.50. The summed E-state index contributed by atoms with van der Waals surface area (Å²) in [6, 6.07) is 24.3. The number of carbonyl (C=O) groups is 3. The molecule has 3 aromatic carbocycles. The first-order valence-electron chi connectivity index (χ1n) is 14.7. The van der Waals surface area contributed by atoms with Crippen LogP contribution in [-0.2, 0) is 29.1 Å². The molecule has 9 heteroatoms. The number of thioether (sulfide) groups is 1. The standard InChI is InChI=1S/C35H38N4O4S/c1-35(2,37-21-26-7-6-18-43-26)20-32(40)38-30-16-14-25-19-27(44-3)15-17-31(25)39(34(30)42)22-23-10-12-24(13-11-23)28-8-4-5-9-29(28)33(36)41/h4-13,15,17-19,30,37H,14,16,20-22H2,1-3H3,(H2,36,41)(H,38,40)/t30-/m1/s1. The molecule has 1 atom stereocenters. The monoisotopic (exact) mass is 610 g/mol. The minimum absolute atomic E-state index is 0.140. The molecule has 0 aliphatic carbocycles. The van der Waals surface area contributed by atoms with Crippen LogP contribution in [0.2, 0.25) is 0 Å². The van der Waals surface area contributed by atoms with Crippen molar-refractivity contribution < 1.29 is 18.8 Å². The van der Waals surface area contributed by atoms with Gasteiger partial charge in [0, 0.05) is 28.1 Å². The average molecular weight is 611 g/mol. The van der Waals surface area contributed by atoms with Crippen LogP contribution in [-0.4, -0.2) is 35.6 Å². The SMILES string of the molecule is CSc1ccc2c(c1)CC[C@@H](NC(=O)CC(C)(C)NCc1ccco1)C(=O)N2Cc1ccc(-c2ccccc2C(N)=O)cc1. The summed E-state index contributed by atoms with van der Waals surface area (Å²) in [7, 11) is 0. The third-order valence-corrected chi connectivity index (χ3v) is 8.63. The molecule has 0 bridgehead atoms. The number of nitrogens with two attached hydrogens (primary N) is 1. The first-order chi connectivity index (χ1) is 21.1. The van der Waals surface area contributed by atoms with Gasteiger partial charge >= 0.3 is 0 Å². The lowest BCUT2D eigenvalue weighted by Gasteiger charge is -2.29. The Hall–Kier alpha value is -4.34. The smallest absolute Gasteiger partial charge is 0.249 e. The highest BCUT2D eigenvalue weighted by atomic mass is 32.2. The summed E-state index contributed by atoms with van der Waals surface area (Å²) in [5.74, 6) is -0.0154. The lowest BCUT2D eigenvalue weighted by molar-refractivity contribution is -0.128. The zero-order valence-electron chi connectivity index (χ0n) is 25.3. The second kappa shape index (κ2) is 13.5. The van der Waals surface area contributed by atoms with Crippen molar-refractivity contribution in [3.63, 3.8) is 0 Å². The van der Waals surface area contributed by atoms with Gasteiger partial charge in [-0.3, -0.25) is 14.4 Å². The van der Waals surface area contributed by atoms with Crippen LogP contribution in [0, 0.1) is 0 Å². The van der Waals surface area contributed by atoms with Crippen molar-refractivity contribution >= 4 is 35.2 Å². The Morgan fingerprint density at radius 1 is 1.05 bits per heavy atom. The summed E-state index contributed by atoms with van der Waals surface area (Å²) in [5.41, 5.74) is 10.0. The minimum Gasteiger partial charge on any atom is -0.468 e. The zero-order chi connectivity index (χ0) is 31.3. The molecule has 228 valence electrons. The van der Waals surface area contributed by atoms with Crippen molar-refractivity contribution in [3.8, 4) is 11.1 Å². The van der Waals surface area contributed by atoms with Crippen molar-refractivity contribution in [3.05, 3.63) is 108 Å². The molecule has 0 radical (unpaired) electrons. The molecule has 4 N–H and O–H groups in total. The van der Waals surface area contributed by atoms with Gasteiger partial charge < -0.3 is 25.7 Å². The summed E-state index contributed by atoms with van der Waals surface area (Å²) >= 11 is 1.66. The van der Waals surface area contributed by atoms with E-state index in [-0.39, 0.29) is 18.2 Å². The number of carbonyl (C=O) groups excluding carboxylic acids is 3. The number of hydrogen-bond donors (Lipinski definition) is 3. The highest BCUT2D eigenvalue weighted by molar-refractivity contribution is 7.98. The molecular weight excluding hydrogens is 572 g/mol. The van der Waals surface area contributed by atoms with Gasteiger partial charge in [-0.2, -0.15) is 0 Å². The van der Waals surface area contributed by atoms with Crippen LogP contribution in [0.1, 0.15) is 53.9 Å². The molecule has 44 heavy (non-hydrogen) atoms. The van der Waals surface area contributed by atoms with E-state index in [1.165, 1.54) is 0 Å². The Labute approximate surface area is 262 Å². The number of anilines is 1. The number of primary amides is 1. The van der Waals surface area contributed by atoms with Crippen LogP contribution < -0.4 is 21.3 Å². The van der Waals surface area contributed by atoms with Gasteiger partial charge in [0.1, 0.15) is 11.8 Å². The van der Waals surface area contributed by atoms with E-state index in [1.807, 2.05) is 80.8 Å². The quantitative estimate of drug-likeness (QED) is 0.188. The van der Waals surface area contributed by atoms with E-state index in [0.29, 0.717) is 31.5 Å². The number of furan rings is 1. The maximum atomic E-state index is 14.1. The van der Waals surface area contributed by atoms with E-state index in [4.69, 9.17) is 10.2 Å². The first-order valence-corrected chi connectivity index (χ1v) is 15.9. The molecule has 3 amide bonds. The van der Waals surface area contributed by atoms with Crippen molar-refractivity contribution in [2.24, 2.45) is 5.73 Å². The van der Waals surface area contributed by atoms with Gasteiger partial charge in [-0.05, 0) is 91.6 Å². The fourth-order valence-corrected chi connectivity index (χ4v) is 6.01. The lowest BCUT2D eigenvalue weighted by atomic mass is 9.98. The van der Waals surface area contributed by atoms with E-state index < -0.39 is 17.5 Å². The summed E-state index contributed by atoms with van der Waals surface area (Å²) in [5, 5.41) is 6.41. The predicted octanol–water partition coefficient (Wildman–Crippen LogP) is 5.69. The Bertz CT molecular complexity index is 1630. The molecule has 4 aromatic rings. The van der Waals surface area contributed by atoms with E-state index >= 15 is 0 Å². The molecule has 0 saturated heterocycles. The Balaban J connectivity index is 1.34. The molecule has 1 aliphatic rings. The third-order valence-electron chi connectivity index (χ3n) is 7.90. The largest absolute Gasteiger partial charge is 0.468 e. The van der Waals surface area contributed by atoms with Crippen LogP contribution in [0.25, 0.3) is 11.1 Å².